The first kappa shape index (κ1) is 13.3. The molecule has 0 aliphatic rings. The van der Waals surface area contributed by atoms with E-state index in [0.717, 1.165) is 23.4 Å². The second-order valence-electron chi connectivity index (χ2n) is 4.47. The van der Waals surface area contributed by atoms with Crippen LogP contribution in [0.2, 0.25) is 0 Å². The molecule has 0 amide bonds. The first-order chi connectivity index (χ1) is 8.65. The van der Waals surface area contributed by atoms with E-state index in [9.17, 15) is 4.39 Å². The van der Waals surface area contributed by atoms with Gasteiger partial charge < -0.3 is 9.30 Å². The molecule has 2 aromatic rings. The summed E-state index contributed by atoms with van der Waals surface area (Å²) in [6, 6.07) is 4.59. The number of hydrogen-bond donors (Lipinski definition) is 0. The zero-order chi connectivity index (χ0) is 13.1. The van der Waals surface area contributed by atoms with Crippen LogP contribution in [0, 0.1) is 11.7 Å². The Balaban J connectivity index is 2.42. The van der Waals surface area contributed by atoms with Crippen molar-refractivity contribution in [2.45, 2.75) is 19.3 Å². The monoisotopic (exact) mass is 270 g/mol. The van der Waals surface area contributed by atoms with Crippen LogP contribution < -0.4 is 0 Å². The van der Waals surface area contributed by atoms with Crippen LogP contribution in [0.15, 0.2) is 18.2 Å². The second-order valence-corrected chi connectivity index (χ2v) is 4.73. The lowest BCUT2D eigenvalue weighted by Gasteiger charge is -2.13. The van der Waals surface area contributed by atoms with Gasteiger partial charge in [0.2, 0.25) is 0 Å². The minimum absolute atomic E-state index is 0.260. The van der Waals surface area contributed by atoms with Crippen LogP contribution in [0.3, 0.4) is 0 Å². The van der Waals surface area contributed by atoms with Gasteiger partial charge in [-0.2, -0.15) is 0 Å². The van der Waals surface area contributed by atoms with Gasteiger partial charge in [-0.15, -0.1) is 11.6 Å². The third-order valence-electron chi connectivity index (χ3n) is 2.85. The van der Waals surface area contributed by atoms with Crippen LogP contribution in [0.5, 0.6) is 0 Å². The Hall–Kier alpha value is -1.13. The molecule has 98 valence electrons. The smallest absolute Gasteiger partial charge is 0.125 e. The van der Waals surface area contributed by atoms with Gasteiger partial charge in [-0.3, -0.25) is 0 Å². The molecule has 5 heteroatoms. The average molecular weight is 271 g/mol. The van der Waals surface area contributed by atoms with E-state index in [4.69, 9.17) is 16.3 Å². The lowest BCUT2D eigenvalue weighted by atomic mass is 10.2. The summed E-state index contributed by atoms with van der Waals surface area (Å²) in [6.45, 7) is 3.44. The van der Waals surface area contributed by atoms with Crippen LogP contribution in [0.4, 0.5) is 4.39 Å². The predicted molar refractivity (Wildman–Crippen MR) is 70.3 cm³/mol. The van der Waals surface area contributed by atoms with E-state index in [0.29, 0.717) is 18.4 Å². The van der Waals surface area contributed by atoms with Gasteiger partial charge in [-0.05, 0) is 24.1 Å². The van der Waals surface area contributed by atoms with Gasteiger partial charge in [0.1, 0.15) is 11.6 Å². The number of methoxy groups -OCH3 is 1. The van der Waals surface area contributed by atoms with Crippen molar-refractivity contribution in [2.75, 3.05) is 13.7 Å². The highest BCUT2D eigenvalue weighted by molar-refractivity contribution is 6.16. The van der Waals surface area contributed by atoms with Crippen molar-refractivity contribution in [3.63, 3.8) is 0 Å². The van der Waals surface area contributed by atoms with E-state index in [1.54, 1.807) is 13.2 Å². The van der Waals surface area contributed by atoms with Gasteiger partial charge in [0, 0.05) is 13.7 Å². The number of fused-ring (bicyclic) bond motifs is 1. The first-order valence-corrected chi connectivity index (χ1v) is 6.38. The fraction of sp³-hybridized carbons (Fsp3) is 0.462. The molecule has 0 saturated carbocycles. The van der Waals surface area contributed by atoms with Crippen molar-refractivity contribution in [1.29, 1.82) is 0 Å². The fourth-order valence-corrected chi connectivity index (χ4v) is 2.30. The number of nitrogens with zero attached hydrogens (tertiary/aromatic N) is 2. The summed E-state index contributed by atoms with van der Waals surface area (Å²) in [7, 11) is 1.67. The molecule has 0 saturated heterocycles. The Morgan fingerprint density at radius 2 is 2.28 bits per heavy atom. The molecule has 1 unspecified atom stereocenters. The standard InChI is InChI=1S/C13H16ClFN2O/c1-9(8-18-2)7-17-12-5-10(15)3-4-11(12)16-13(17)6-14/h3-5,9H,6-8H2,1-2H3. The van der Waals surface area contributed by atoms with Crippen LogP contribution in [-0.2, 0) is 17.2 Å². The third kappa shape index (κ3) is 2.65. The van der Waals surface area contributed by atoms with Crippen molar-refractivity contribution < 1.29 is 9.13 Å². The summed E-state index contributed by atoms with van der Waals surface area (Å²) in [5.74, 6) is 1.14. The van der Waals surface area contributed by atoms with Gasteiger partial charge in [0.15, 0.2) is 0 Å². The third-order valence-corrected chi connectivity index (χ3v) is 3.09. The highest BCUT2D eigenvalue weighted by Gasteiger charge is 2.13. The largest absolute Gasteiger partial charge is 0.384 e. The molecule has 1 aromatic heterocycles. The summed E-state index contributed by atoms with van der Waals surface area (Å²) in [6.07, 6.45) is 0. The van der Waals surface area contributed by atoms with Crippen molar-refractivity contribution in [2.24, 2.45) is 5.92 Å². The predicted octanol–water partition coefficient (Wildman–Crippen LogP) is 3.20. The van der Waals surface area contributed by atoms with Gasteiger partial charge in [0.25, 0.3) is 0 Å². The van der Waals surface area contributed by atoms with Gasteiger partial charge in [-0.25, -0.2) is 9.37 Å². The number of alkyl halides is 1. The summed E-state index contributed by atoms with van der Waals surface area (Å²) in [5.41, 5.74) is 1.56. The summed E-state index contributed by atoms with van der Waals surface area (Å²) in [5, 5.41) is 0. The molecule has 18 heavy (non-hydrogen) atoms. The molecule has 1 aromatic carbocycles. The Labute approximate surface area is 111 Å². The topological polar surface area (TPSA) is 27.1 Å². The highest BCUT2D eigenvalue weighted by atomic mass is 35.5. The molecule has 0 radical (unpaired) electrons. The maximum Gasteiger partial charge on any atom is 0.125 e. The Bertz CT molecular complexity index is 541. The maximum absolute atomic E-state index is 13.3. The molecule has 0 fully saturated rings. The van der Waals surface area contributed by atoms with E-state index < -0.39 is 0 Å². The van der Waals surface area contributed by atoms with E-state index in [2.05, 4.69) is 11.9 Å². The summed E-state index contributed by atoms with van der Waals surface area (Å²) < 4.78 is 20.4. The number of aromatic nitrogens is 2. The van der Waals surface area contributed by atoms with Crippen LogP contribution in [0.1, 0.15) is 12.7 Å². The maximum atomic E-state index is 13.3. The number of halogens is 2. The Morgan fingerprint density at radius 3 is 2.94 bits per heavy atom. The molecule has 2 rings (SSSR count). The fourth-order valence-electron chi connectivity index (χ4n) is 2.10. The van der Waals surface area contributed by atoms with Gasteiger partial charge in [-0.1, -0.05) is 6.92 Å². The average Bonchev–Trinajstić information content (AvgIpc) is 2.67. The van der Waals surface area contributed by atoms with E-state index in [-0.39, 0.29) is 5.82 Å². The van der Waals surface area contributed by atoms with E-state index >= 15 is 0 Å². The van der Waals surface area contributed by atoms with Gasteiger partial charge >= 0.3 is 0 Å². The van der Waals surface area contributed by atoms with Crippen LogP contribution in [-0.4, -0.2) is 23.3 Å². The van der Waals surface area contributed by atoms with E-state index in [1.165, 1.54) is 12.1 Å². The Morgan fingerprint density at radius 1 is 1.50 bits per heavy atom. The Kier molecular flexibility index (Phi) is 4.19. The molecule has 0 bridgehead atoms. The molecule has 0 aliphatic carbocycles. The molecule has 0 aliphatic heterocycles. The van der Waals surface area contributed by atoms with Crippen molar-refractivity contribution in [3.8, 4) is 0 Å². The number of benzene rings is 1. The van der Waals surface area contributed by atoms with E-state index in [1.807, 2.05) is 4.57 Å². The van der Waals surface area contributed by atoms with Crippen LogP contribution in [0.25, 0.3) is 11.0 Å². The lowest BCUT2D eigenvalue weighted by Crippen LogP contribution is -2.14. The molecular formula is C13H16ClFN2O. The molecule has 3 nitrogen and oxygen atoms in total. The zero-order valence-corrected chi connectivity index (χ0v) is 11.2. The SMILES string of the molecule is COCC(C)Cn1c(CCl)nc2ccc(F)cc21. The normalized spacial score (nSPS) is 13.1. The number of imidazole rings is 1. The molecule has 1 atom stereocenters. The minimum Gasteiger partial charge on any atom is -0.384 e. The first-order valence-electron chi connectivity index (χ1n) is 5.85. The second kappa shape index (κ2) is 5.67. The van der Waals surface area contributed by atoms with Crippen molar-refractivity contribution in [1.82, 2.24) is 9.55 Å². The minimum atomic E-state index is -0.260. The summed E-state index contributed by atoms with van der Waals surface area (Å²) >= 11 is 5.90. The van der Waals surface area contributed by atoms with Crippen LogP contribution >= 0.6 is 11.6 Å². The van der Waals surface area contributed by atoms with Crippen molar-refractivity contribution in [3.05, 3.63) is 29.8 Å². The van der Waals surface area contributed by atoms with Crippen molar-refractivity contribution >= 4 is 22.6 Å². The summed E-state index contributed by atoms with van der Waals surface area (Å²) in [4.78, 5) is 4.41. The lowest BCUT2D eigenvalue weighted by molar-refractivity contribution is 0.151. The molecular weight excluding hydrogens is 255 g/mol. The number of rotatable bonds is 5. The zero-order valence-electron chi connectivity index (χ0n) is 10.5. The number of hydrogen-bond acceptors (Lipinski definition) is 2. The molecule has 1 heterocycles. The molecule has 0 spiro atoms. The quantitative estimate of drug-likeness (QED) is 0.780. The highest BCUT2D eigenvalue weighted by Crippen LogP contribution is 2.20. The molecule has 0 N–H and O–H groups in total. The van der Waals surface area contributed by atoms with Gasteiger partial charge in [0.05, 0.1) is 23.5 Å². The number of ether oxygens (including phenoxy) is 1.